The van der Waals surface area contributed by atoms with Gasteiger partial charge in [-0.15, -0.1) is 0 Å². The molecule has 5 nitrogen and oxygen atoms in total. The highest BCUT2D eigenvalue weighted by Crippen LogP contribution is 2.37. The summed E-state index contributed by atoms with van der Waals surface area (Å²) in [6.07, 6.45) is 0.953. The van der Waals surface area contributed by atoms with Crippen LogP contribution >= 0.6 is 31.9 Å². The molecule has 1 heterocycles. The first-order valence-electron chi connectivity index (χ1n) is 5.44. The first-order valence-corrected chi connectivity index (χ1v) is 7.03. The van der Waals surface area contributed by atoms with Crippen molar-refractivity contribution in [2.45, 2.75) is 13.0 Å². The van der Waals surface area contributed by atoms with Crippen LogP contribution in [0.1, 0.15) is 6.92 Å². The van der Waals surface area contributed by atoms with E-state index in [9.17, 15) is 4.79 Å². The van der Waals surface area contributed by atoms with Crippen LogP contribution < -0.4 is 16.0 Å². The molecule has 2 aromatic rings. The number of nitrogens with zero attached hydrogens (tertiary/aromatic N) is 1. The van der Waals surface area contributed by atoms with Crippen LogP contribution in [0.4, 0.5) is 0 Å². The number of hydrogen-bond donors (Lipinski definition) is 2. The lowest BCUT2D eigenvalue weighted by atomic mass is 10.2. The van der Waals surface area contributed by atoms with Crippen LogP contribution in [0.3, 0.4) is 0 Å². The molecule has 0 aliphatic rings. The minimum absolute atomic E-state index is 0.404. The predicted octanol–water partition coefficient (Wildman–Crippen LogP) is 2.52. The quantitative estimate of drug-likeness (QED) is 0.481. The third-order valence-electron chi connectivity index (χ3n) is 2.56. The number of carbonyl (C=O) groups excluding carboxylic acids is 1. The summed E-state index contributed by atoms with van der Waals surface area (Å²) in [5.74, 6) is 5.19. The number of amides is 1. The normalized spacial score (nSPS) is 12.2. The second-order valence-corrected chi connectivity index (χ2v) is 5.55. The molecule has 1 atom stereocenters. The van der Waals surface area contributed by atoms with E-state index in [0.717, 1.165) is 9.86 Å². The number of rotatable bonds is 3. The Bertz CT molecular complexity index is 634. The molecule has 0 aliphatic carbocycles. The van der Waals surface area contributed by atoms with E-state index < -0.39 is 12.0 Å². The number of nitrogens with one attached hydrogen (secondary N) is 1. The topological polar surface area (TPSA) is 77.2 Å². The molecule has 1 aromatic carbocycles. The number of ether oxygens (including phenoxy) is 1. The molecule has 1 aromatic heterocycles. The Balaban J connectivity index is 2.51. The Hall–Kier alpha value is -1.18. The maximum Gasteiger partial charge on any atom is 0.274 e. The van der Waals surface area contributed by atoms with Crippen LogP contribution in [0.2, 0.25) is 0 Å². The van der Waals surface area contributed by atoms with Crippen molar-refractivity contribution in [1.29, 1.82) is 0 Å². The van der Waals surface area contributed by atoms with Crippen molar-refractivity contribution in [2.75, 3.05) is 0 Å². The lowest BCUT2D eigenvalue weighted by Gasteiger charge is -2.16. The molecular weight excluding hydrogens is 378 g/mol. The summed E-state index contributed by atoms with van der Waals surface area (Å²) in [4.78, 5) is 15.7. The Morgan fingerprint density at radius 1 is 1.47 bits per heavy atom. The van der Waals surface area contributed by atoms with Gasteiger partial charge in [-0.25, -0.2) is 5.84 Å². The van der Waals surface area contributed by atoms with E-state index in [-0.39, 0.29) is 0 Å². The number of nitrogens with two attached hydrogens (primary N) is 1. The van der Waals surface area contributed by atoms with Gasteiger partial charge in [-0.3, -0.25) is 15.2 Å². The maximum absolute atomic E-state index is 11.4. The summed E-state index contributed by atoms with van der Waals surface area (Å²) in [6, 6.07) is 5.60. The van der Waals surface area contributed by atoms with E-state index in [1.54, 1.807) is 13.1 Å². The molecule has 0 spiro atoms. The maximum atomic E-state index is 11.4. The van der Waals surface area contributed by atoms with Gasteiger partial charge in [-0.05, 0) is 35.0 Å². The highest BCUT2D eigenvalue weighted by molar-refractivity contribution is 9.11. The van der Waals surface area contributed by atoms with Crippen LogP contribution in [0, 0.1) is 0 Å². The number of benzene rings is 1. The fourth-order valence-corrected chi connectivity index (χ4v) is 2.97. The van der Waals surface area contributed by atoms with E-state index in [1.807, 2.05) is 18.2 Å². The van der Waals surface area contributed by atoms with Gasteiger partial charge in [-0.2, -0.15) is 0 Å². The number of pyridine rings is 1. The van der Waals surface area contributed by atoms with E-state index in [1.165, 1.54) is 0 Å². The van der Waals surface area contributed by atoms with Gasteiger partial charge in [0.05, 0.1) is 4.47 Å². The van der Waals surface area contributed by atoms with Gasteiger partial charge in [0.15, 0.2) is 11.9 Å². The minimum atomic E-state index is -0.715. The first-order chi connectivity index (χ1) is 9.04. The summed E-state index contributed by atoms with van der Waals surface area (Å²) in [5.41, 5.74) is 2.72. The second kappa shape index (κ2) is 5.85. The number of hydrazine groups is 1. The Morgan fingerprint density at radius 3 is 2.89 bits per heavy atom. The van der Waals surface area contributed by atoms with Gasteiger partial charge >= 0.3 is 0 Å². The molecule has 0 aliphatic heterocycles. The minimum Gasteiger partial charge on any atom is -0.477 e. The third-order valence-corrected chi connectivity index (χ3v) is 3.80. The van der Waals surface area contributed by atoms with Crippen LogP contribution in [-0.2, 0) is 4.79 Å². The summed E-state index contributed by atoms with van der Waals surface area (Å²) < 4.78 is 7.25. The van der Waals surface area contributed by atoms with Gasteiger partial charge in [0.25, 0.3) is 5.91 Å². The first kappa shape index (κ1) is 14.2. The van der Waals surface area contributed by atoms with Gasteiger partial charge in [0, 0.05) is 16.1 Å². The zero-order valence-corrected chi connectivity index (χ0v) is 13.2. The number of hydrogen-bond acceptors (Lipinski definition) is 4. The molecule has 100 valence electrons. The van der Waals surface area contributed by atoms with Crippen LogP contribution in [0.25, 0.3) is 10.9 Å². The molecule has 2 rings (SSSR count). The number of fused-ring (bicyclic) bond motifs is 1. The van der Waals surface area contributed by atoms with E-state index in [0.29, 0.717) is 15.7 Å². The molecule has 0 fully saturated rings. The van der Waals surface area contributed by atoms with Gasteiger partial charge < -0.3 is 4.74 Å². The van der Waals surface area contributed by atoms with Gasteiger partial charge in [0.2, 0.25) is 0 Å². The van der Waals surface area contributed by atoms with Crippen molar-refractivity contribution in [3.8, 4) is 5.75 Å². The summed E-state index contributed by atoms with van der Waals surface area (Å²) in [5, 5.41) is 0.904. The molecule has 0 saturated carbocycles. The molecule has 1 amide bonds. The zero-order valence-electron chi connectivity index (χ0n) is 9.98. The van der Waals surface area contributed by atoms with Crippen molar-refractivity contribution < 1.29 is 9.53 Å². The number of carbonyl (C=O) groups is 1. The number of aromatic nitrogens is 1. The Morgan fingerprint density at radius 2 is 2.21 bits per heavy atom. The summed E-state index contributed by atoms with van der Waals surface area (Å²) >= 11 is 6.88. The van der Waals surface area contributed by atoms with Crippen LogP contribution in [-0.4, -0.2) is 17.0 Å². The zero-order chi connectivity index (χ0) is 14.0. The van der Waals surface area contributed by atoms with Crippen molar-refractivity contribution in [3.63, 3.8) is 0 Å². The van der Waals surface area contributed by atoms with Crippen LogP contribution in [0.15, 0.2) is 33.3 Å². The standard InChI is InChI=1S/C12H11Br2N3O2/c1-6(12(18)17-15)19-11-9(14)5-8(13)7-3-2-4-16-10(7)11/h2-6H,15H2,1H3,(H,17,18). The monoisotopic (exact) mass is 387 g/mol. The van der Waals surface area contributed by atoms with Crippen molar-refractivity contribution >= 4 is 48.7 Å². The summed E-state index contributed by atoms with van der Waals surface area (Å²) in [6.45, 7) is 1.62. The molecule has 0 saturated heterocycles. The molecule has 0 bridgehead atoms. The van der Waals surface area contributed by atoms with E-state index in [2.05, 4.69) is 42.3 Å². The smallest absolute Gasteiger partial charge is 0.274 e. The van der Waals surface area contributed by atoms with E-state index in [4.69, 9.17) is 10.6 Å². The molecule has 0 radical (unpaired) electrons. The Labute approximate surface area is 126 Å². The lowest BCUT2D eigenvalue weighted by Crippen LogP contribution is -2.40. The Kier molecular flexibility index (Phi) is 4.38. The fourth-order valence-electron chi connectivity index (χ4n) is 1.61. The number of halogens is 2. The van der Waals surface area contributed by atoms with Crippen molar-refractivity contribution in [3.05, 3.63) is 33.3 Å². The van der Waals surface area contributed by atoms with Gasteiger partial charge in [0.1, 0.15) is 5.52 Å². The average molecular weight is 389 g/mol. The third kappa shape index (κ3) is 2.88. The summed E-state index contributed by atoms with van der Waals surface area (Å²) in [7, 11) is 0. The average Bonchev–Trinajstić information content (AvgIpc) is 2.42. The van der Waals surface area contributed by atoms with E-state index >= 15 is 0 Å². The highest BCUT2D eigenvalue weighted by atomic mass is 79.9. The molecular formula is C12H11Br2N3O2. The highest BCUT2D eigenvalue weighted by Gasteiger charge is 2.18. The molecule has 3 N–H and O–H groups in total. The molecule has 7 heteroatoms. The van der Waals surface area contributed by atoms with Crippen molar-refractivity contribution in [2.24, 2.45) is 5.84 Å². The van der Waals surface area contributed by atoms with Gasteiger partial charge in [-0.1, -0.05) is 22.0 Å². The largest absolute Gasteiger partial charge is 0.477 e. The predicted molar refractivity (Wildman–Crippen MR) is 79.6 cm³/mol. The molecule has 19 heavy (non-hydrogen) atoms. The van der Waals surface area contributed by atoms with Crippen LogP contribution in [0.5, 0.6) is 5.75 Å². The van der Waals surface area contributed by atoms with Crippen molar-refractivity contribution in [1.82, 2.24) is 10.4 Å². The molecule has 1 unspecified atom stereocenters. The lowest BCUT2D eigenvalue weighted by molar-refractivity contribution is -0.127. The SMILES string of the molecule is CC(Oc1c(Br)cc(Br)c2cccnc12)C(=O)NN. The fraction of sp³-hybridized carbons (Fsp3) is 0.167. The second-order valence-electron chi connectivity index (χ2n) is 3.84.